The van der Waals surface area contributed by atoms with Gasteiger partial charge in [-0.3, -0.25) is 0 Å². The predicted octanol–water partition coefficient (Wildman–Crippen LogP) is 2.73. The monoisotopic (exact) mass is 256 g/mol. The lowest BCUT2D eigenvalue weighted by atomic mass is 9.93. The van der Waals surface area contributed by atoms with Crippen LogP contribution < -0.4 is 5.32 Å². The van der Waals surface area contributed by atoms with Crippen molar-refractivity contribution in [2.75, 3.05) is 25.9 Å². The van der Waals surface area contributed by atoms with E-state index in [0.717, 1.165) is 17.3 Å². The third-order valence-corrected chi connectivity index (χ3v) is 5.65. The zero-order chi connectivity index (χ0) is 12.1. The number of nitrogens with one attached hydrogen (secondary N) is 1. The van der Waals surface area contributed by atoms with Crippen molar-refractivity contribution in [3.63, 3.8) is 0 Å². The fourth-order valence-corrected chi connectivity index (χ4v) is 3.96. The van der Waals surface area contributed by atoms with Crippen molar-refractivity contribution in [2.24, 2.45) is 0 Å². The van der Waals surface area contributed by atoms with Crippen molar-refractivity contribution < 1.29 is 0 Å². The molecule has 2 aliphatic rings. The van der Waals surface area contributed by atoms with Gasteiger partial charge in [0.05, 0.1) is 0 Å². The van der Waals surface area contributed by atoms with Crippen LogP contribution in [0.5, 0.6) is 0 Å². The van der Waals surface area contributed by atoms with Crippen LogP contribution in [0.15, 0.2) is 0 Å². The number of nitrogens with zero attached hydrogens (tertiary/aromatic N) is 1. The van der Waals surface area contributed by atoms with Crippen LogP contribution in [0.4, 0.5) is 0 Å². The Hall–Kier alpha value is 0.270. The zero-order valence-electron chi connectivity index (χ0n) is 11.5. The number of rotatable bonds is 4. The lowest BCUT2D eigenvalue weighted by Gasteiger charge is -2.36. The summed E-state index contributed by atoms with van der Waals surface area (Å²) in [4.78, 5) is 2.57. The van der Waals surface area contributed by atoms with Gasteiger partial charge < -0.3 is 10.2 Å². The first-order valence-corrected chi connectivity index (χ1v) is 8.61. The first-order chi connectivity index (χ1) is 8.31. The Labute approximate surface area is 111 Å². The third-order valence-electron chi connectivity index (χ3n) is 4.51. The van der Waals surface area contributed by atoms with Gasteiger partial charge in [0.1, 0.15) is 0 Å². The Morgan fingerprint density at radius 3 is 2.12 bits per heavy atom. The number of thioether (sulfide) groups is 1. The molecule has 0 spiro atoms. The van der Waals surface area contributed by atoms with Gasteiger partial charge in [-0.1, -0.05) is 6.92 Å². The smallest absolute Gasteiger partial charge is 0.00940 e. The highest BCUT2D eigenvalue weighted by molar-refractivity contribution is 7.99. The maximum Gasteiger partial charge on any atom is 0.00940 e. The molecule has 0 aromatic carbocycles. The second-order valence-corrected chi connectivity index (χ2v) is 6.72. The van der Waals surface area contributed by atoms with Gasteiger partial charge in [0, 0.05) is 17.3 Å². The maximum absolute atomic E-state index is 3.91. The average molecular weight is 256 g/mol. The number of piperidine rings is 1. The summed E-state index contributed by atoms with van der Waals surface area (Å²) in [5.41, 5.74) is 0. The van der Waals surface area contributed by atoms with Crippen LogP contribution in [0.2, 0.25) is 0 Å². The fourth-order valence-electron chi connectivity index (χ4n) is 3.21. The van der Waals surface area contributed by atoms with E-state index >= 15 is 0 Å². The van der Waals surface area contributed by atoms with Gasteiger partial charge in [-0.05, 0) is 64.4 Å². The van der Waals surface area contributed by atoms with E-state index < -0.39 is 0 Å². The van der Waals surface area contributed by atoms with Crippen LogP contribution >= 0.6 is 11.8 Å². The quantitative estimate of drug-likeness (QED) is 0.832. The minimum atomic E-state index is 0.800. The molecule has 0 aromatic rings. The number of hydrogen-bond donors (Lipinski definition) is 1. The van der Waals surface area contributed by atoms with E-state index in [1.54, 1.807) is 0 Å². The van der Waals surface area contributed by atoms with Gasteiger partial charge in [0.2, 0.25) is 0 Å². The molecule has 0 atom stereocenters. The fraction of sp³-hybridized carbons (Fsp3) is 1.00. The number of hydrogen-bond acceptors (Lipinski definition) is 3. The van der Waals surface area contributed by atoms with Crippen LogP contribution in [0.25, 0.3) is 0 Å². The molecule has 1 heterocycles. The standard InChI is InChI=1S/C14H28N2S/c1-3-16-10-8-13(9-11-16)15-12-4-6-14(17-2)7-5-12/h12-15H,3-11H2,1-2H3. The van der Waals surface area contributed by atoms with E-state index in [4.69, 9.17) is 0 Å². The van der Waals surface area contributed by atoms with E-state index in [0.29, 0.717) is 0 Å². The van der Waals surface area contributed by atoms with Gasteiger partial charge in [0.15, 0.2) is 0 Å². The molecule has 1 saturated heterocycles. The van der Waals surface area contributed by atoms with E-state index in [2.05, 4.69) is 35.2 Å². The molecule has 2 rings (SSSR count). The summed E-state index contributed by atoms with van der Waals surface area (Å²) in [6.07, 6.45) is 10.6. The molecule has 1 aliphatic heterocycles. The summed E-state index contributed by atoms with van der Waals surface area (Å²) in [6, 6.07) is 1.62. The van der Waals surface area contributed by atoms with Gasteiger partial charge >= 0.3 is 0 Å². The highest BCUT2D eigenvalue weighted by atomic mass is 32.2. The van der Waals surface area contributed by atoms with Gasteiger partial charge in [-0.2, -0.15) is 11.8 Å². The molecule has 17 heavy (non-hydrogen) atoms. The number of likely N-dealkylation sites (tertiary alicyclic amines) is 1. The maximum atomic E-state index is 3.91. The molecule has 1 N–H and O–H groups in total. The second kappa shape index (κ2) is 7.01. The molecule has 0 aromatic heterocycles. The zero-order valence-corrected chi connectivity index (χ0v) is 12.3. The largest absolute Gasteiger partial charge is 0.311 e. The van der Waals surface area contributed by atoms with Gasteiger partial charge in [-0.25, -0.2) is 0 Å². The first kappa shape index (κ1) is 13.7. The first-order valence-electron chi connectivity index (χ1n) is 7.33. The Balaban J connectivity index is 1.65. The van der Waals surface area contributed by atoms with Crippen LogP contribution in [0.1, 0.15) is 45.4 Å². The lowest BCUT2D eigenvalue weighted by Crippen LogP contribution is -2.47. The summed E-state index contributed by atoms with van der Waals surface area (Å²) in [7, 11) is 0. The van der Waals surface area contributed by atoms with E-state index in [9.17, 15) is 0 Å². The van der Waals surface area contributed by atoms with Crippen molar-refractivity contribution in [3.8, 4) is 0 Å². The van der Waals surface area contributed by atoms with Crippen LogP contribution in [-0.2, 0) is 0 Å². The van der Waals surface area contributed by atoms with Crippen molar-refractivity contribution in [3.05, 3.63) is 0 Å². The summed E-state index contributed by atoms with van der Waals surface area (Å²) in [5.74, 6) is 0. The Bertz CT molecular complexity index is 184. The van der Waals surface area contributed by atoms with Crippen LogP contribution in [0.3, 0.4) is 0 Å². The van der Waals surface area contributed by atoms with Crippen LogP contribution in [-0.4, -0.2) is 48.1 Å². The van der Waals surface area contributed by atoms with E-state index in [1.807, 2.05) is 0 Å². The Kier molecular flexibility index (Phi) is 5.64. The lowest BCUT2D eigenvalue weighted by molar-refractivity contribution is 0.191. The molecule has 2 fully saturated rings. The van der Waals surface area contributed by atoms with Crippen molar-refractivity contribution in [1.29, 1.82) is 0 Å². The highest BCUT2D eigenvalue weighted by Crippen LogP contribution is 2.27. The summed E-state index contributed by atoms with van der Waals surface area (Å²) < 4.78 is 0. The minimum absolute atomic E-state index is 0.800. The average Bonchev–Trinajstić information content (AvgIpc) is 2.40. The summed E-state index contributed by atoms with van der Waals surface area (Å²) in [6.45, 7) is 6.10. The molecule has 0 unspecified atom stereocenters. The molecular formula is C14H28N2S. The Morgan fingerprint density at radius 1 is 1.00 bits per heavy atom. The predicted molar refractivity (Wildman–Crippen MR) is 77.8 cm³/mol. The SMILES string of the molecule is CCN1CCC(NC2CCC(SC)CC2)CC1. The molecule has 1 aliphatic carbocycles. The Morgan fingerprint density at radius 2 is 1.59 bits per heavy atom. The van der Waals surface area contributed by atoms with E-state index in [1.165, 1.54) is 58.2 Å². The van der Waals surface area contributed by atoms with Gasteiger partial charge in [0.25, 0.3) is 0 Å². The molecule has 100 valence electrons. The van der Waals surface area contributed by atoms with Crippen molar-refractivity contribution >= 4 is 11.8 Å². The van der Waals surface area contributed by atoms with Crippen LogP contribution in [0, 0.1) is 0 Å². The summed E-state index contributed by atoms with van der Waals surface area (Å²) in [5, 5.41) is 4.85. The molecular weight excluding hydrogens is 228 g/mol. The minimum Gasteiger partial charge on any atom is -0.311 e. The summed E-state index contributed by atoms with van der Waals surface area (Å²) >= 11 is 2.06. The molecule has 1 saturated carbocycles. The highest BCUT2D eigenvalue weighted by Gasteiger charge is 2.24. The van der Waals surface area contributed by atoms with E-state index in [-0.39, 0.29) is 0 Å². The molecule has 0 radical (unpaired) electrons. The normalized spacial score (nSPS) is 32.8. The third kappa shape index (κ3) is 4.15. The molecule has 0 bridgehead atoms. The van der Waals surface area contributed by atoms with Crippen molar-refractivity contribution in [1.82, 2.24) is 10.2 Å². The molecule has 0 amide bonds. The second-order valence-electron chi connectivity index (χ2n) is 5.58. The topological polar surface area (TPSA) is 15.3 Å². The molecule has 2 nitrogen and oxygen atoms in total. The van der Waals surface area contributed by atoms with Gasteiger partial charge in [-0.15, -0.1) is 0 Å². The van der Waals surface area contributed by atoms with Crippen molar-refractivity contribution in [2.45, 2.75) is 62.8 Å². The molecule has 3 heteroatoms.